The molecule has 1 N–H and O–H groups in total. The van der Waals surface area contributed by atoms with Gasteiger partial charge in [0.25, 0.3) is 0 Å². The molecule has 2 aliphatic heterocycles. The molecule has 0 aromatic rings. The lowest BCUT2D eigenvalue weighted by Gasteiger charge is -2.32. The maximum absolute atomic E-state index is 12.1. The molecule has 0 radical (unpaired) electrons. The Balaban J connectivity index is 1.69. The summed E-state index contributed by atoms with van der Waals surface area (Å²) < 4.78 is 5.27. The maximum atomic E-state index is 12.1. The van der Waals surface area contributed by atoms with Crippen molar-refractivity contribution in [2.75, 3.05) is 45.9 Å². The largest absolute Gasteiger partial charge is 0.379 e. The minimum absolute atomic E-state index is 0.182. The van der Waals surface area contributed by atoms with Crippen molar-refractivity contribution in [3.05, 3.63) is 0 Å². The van der Waals surface area contributed by atoms with Crippen LogP contribution < -0.4 is 5.32 Å². The Kier molecular flexibility index (Phi) is 5.79. The van der Waals surface area contributed by atoms with Crippen LogP contribution in [-0.2, 0) is 14.3 Å². The van der Waals surface area contributed by atoms with Crippen LogP contribution in [0.1, 0.15) is 26.2 Å². The van der Waals surface area contributed by atoms with Crippen molar-refractivity contribution in [2.45, 2.75) is 32.2 Å². The summed E-state index contributed by atoms with van der Waals surface area (Å²) in [6.45, 7) is 7.30. The van der Waals surface area contributed by atoms with E-state index < -0.39 is 5.91 Å². The fourth-order valence-electron chi connectivity index (χ4n) is 2.76. The van der Waals surface area contributed by atoms with Crippen LogP contribution in [0.15, 0.2) is 0 Å². The third-order valence-corrected chi connectivity index (χ3v) is 4.08. The average Bonchev–Trinajstić information content (AvgIpc) is 2.48. The second-order valence-electron chi connectivity index (χ2n) is 5.55. The number of nitrogens with one attached hydrogen (secondary N) is 1. The average molecular weight is 283 g/mol. The van der Waals surface area contributed by atoms with Gasteiger partial charge in [0.05, 0.1) is 13.2 Å². The Hall–Kier alpha value is -1.14. The quantitative estimate of drug-likeness (QED) is 0.731. The third-order valence-electron chi connectivity index (χ3n) is 4.08. The van der Waals surface area contributed by atoms with Crippen LogP contribution in [0.3, 0.4) is 0 Å². The van der Waals surface area contributed by atoms with Gasteiger partial charge < -0.3 is 15.0 Å². The Bertz CT molecular complexity index is 343. The van der Waals surface area contributed by atoms with Crippen molar-refractivity contribution in [1.82, 2.24) is 15.1 Å². The molecule has 0 spiro atoms. The fraction of sp³-hybridized carbons (Fsp3) is 0.857. The van der Waals surface area contributed by atoms with Crippen LogP contribution in [0, 0.1) is 0 Å². The summed E-state index contributed by atoms with van der Waals surface area (Å²) in [5.74, 6) is -0.841. The van der Waals surface area contributed by atoms with E-state index in [0.29, 0.717) is 13.1 Å². The molecule has 20 heavy (non-hydrogen) atoms. The van der Waals surface area contributed by atoms with Crippen LogP contribution in [0.2, 0.25) is 0 Å². The zero-order valence-electron chi connectivity index (χ0n) is 12.3. The molecule has 1 unspecified atom stereocenters. The third kappa shape index (κ3) is 4.18. The molecule has 0 saturated carbocycles. The predicted octanol–water partition coefficient (Wildman–Crippen LogP) is -0.164. The van der Waals surface area contributed by atoms with E-state index in [1.165, 1.54) is 0 Å². The number of piperidine rings is 1. The standard InChI is InChI=1S/C14H25N3O3/c1-12-4-2-3-6-17(12)14(19)13(18)15-5-7-16-8-10-20-11-9-16/h12H,2-11H2,1H3,(H,15,18). The van der Waals surface area contributed by atoms with Gasteiger partial charge in [-0.25, -0.2) is 0 Å². The first kappa shape index (κ1) is 15.3. The van der Waals surface area contributed by atoms with E-state index in [4.69, 9.17) is 4.74 Å². The smallest absolute Gasteiger partial charge is 0.312 e. The SMILES string of the molecule is CC1CCCCN1C(=O)C(=O)NCCN1CCOCC1. The second-order valence-corrected chi connectivity index (χ2v) is 5.55. The molecular weight excluding hydrogens is 258 g/mol. The van der Waals surface area contributed by atoms with Gasteiger partial charge in [0.15, 0.2) is 0 Å². The normalized spacial score (nSPS) is 24.4. The number of hydrogen-bond donors (Lipinski definition) is 1. The first-order valence-corrected chi connectivity index (χ1v) is 7.57. The summed E-state index contributed by atoms with van der Waals surface area (Å²) in [6.07, 6.45) is 3.13. The zero-order chi connectivity index (χ0) is 14.4. The highest BCUT2D eigenvalue weighted by atomic mass is 16.5. The van der Waals surface area contributed by atoms with Gasteiger partial charge in [0, 0.05) is 38.8 Å². The molecule has 0 aliphatic carbocycles. The maximum Gasteiger partial charge on any atom is 0.312 e. The molecule has 0 bridgehead atoms. The number of amides is 2. The van der Waals surface area contributed by atoms with Crippen molar-refractivity contribution in [3.63, 3.8) is 0 Å². The van der Waals surface area contributed by atoms with Crippen molar-refractivity contribution >= 4 is 11.8 Å². The van der Waals surface area contributed by atoms with Gasteiger partial charge in [0.2, 0.25) is 0 Å². The molecule has 2 heterocycles. The van der Waals surface area contributed by atoms with E-state index in [-0.39, 0.29) is 11.9 Å². The second kappa shape index (κ2) is 7.59. The summed E-state index contributed by atoms with van der Waals surface area (Å²) in [5, 5.41) is 2.73. The van der Waals surface area contributed by atoms with Crippen LogP contribution in [0.4, 0.5) is 0 Å². The molecule has 6 heteroatoms. The summed E-state index contributed by atoms with van der Waals surface area (Å²) >= 11 is 0. The molecular formula is C14H25N3O3. The summed E-state index contributed by atoms with van der Waals surface area (Å²) in [4.78, 5) is 27.9. The van der Waals surface area contributed by atoms with Gasteiger partial charge in [0.1, 0.15) is 0 Å². The number of ether oxygens (including phenoxy) is 1. The highest BCUT2D eigenvalue weighted by molar-refractivity contribution is 6.35. The number of carbonyl (C=O) groups excluding carboxylic acids is 2. The number of nitrogens with zero attached hydrogens (tertiary/aromatic N) is 2. The molecule has 0 aromatic heterocycles. The van der Waals surface area contributed by atoms with E-state index in [9.17, 15) is 9.59 Å². The van der Waals surface area contributed by atoms with E-state index >= 15 is 0 Å². The highest BCUT2D eigenvalue weighted by Crippen LogP contribution is 2.16. The van der Waals surface area contributed by atoms with Crippen molar-refractivity contribution < 1.29 is 14.3 Å². The Morgan fingerprint density at radius 3 is 2.65 bits per heavy atom. The highest BCUT2D eigenvalue weighted by Gasteiger charge is 2.27. The van der Waals surface area contributed by atoms with Crippen molar-refractivity contribution in [3.8, 4) is 0 Å². The Morgan fingerprint density at radius 1 is 1.20 bits per heavy atom. The Morgan fingerprint density at radius 2 is 1.95 bits per heavy atom. The van der Waals surface area contributed by atoms with Gasteiger partial charge in [-0.05, 0) is 26.2 Å². The molecule has 2 fully saturated rings. The first-order chi connectivity index (χ1) is 9.68. The monoisotopic (exact) mass is 283 g/mol. The number of morpholine rings is 1. The predicted molar refractivity (Wildman–Crippen MR) is 75.3 cm³/mol. The van der Waals surface area contributed by atoms with E-state index in [1.807, 2.05) is 6.92 Å². The van der Waals surface area contributed by atoms with Crippen LogP contribution in [0.25, 0.3) is 0 Å². The molecule has 2 amide bonds. The molecule has 2 aliphatic rings. The van der Waals surface area contributed by atoms with E-state index in [1.54, 1.807) is 4.90 Å². The van der Waals surface area contributed by atoms with Crippen LogP contribution in [-0.4, -0.2) is 73.6 Å². The lowest BCUT2D eigenvalue weighted by Crippen LogP contribution is -2.50. The van der Waals surface area contributed by atoms with Gasteiger partial charge in [-0.15, -0.1) is 0 Å². The van der Waals surface area contributed by atoms with Crippen LogP contribution in [0.5, 0.6) is 0 Å². The molecule has 0 aromatic carbocycles. The van der Waals surface area contributed by atoms with Crippen molar-refractivity contribution in [1.29, 1.82) is 0 Å². The molecule has 2 rings (SSSR count). The lowest BCUT2D eigenvalue weighted by molar-refractivity contribution is -0.148. The summed E-state index contributed by atoms with van der Waals surface area (Å²) in [6, 6.07) is 0.182. The fourth-order valence-corrected chi connectivity index (χ4v) is 2.76. The molecule has 1 atom stereocenters. The minimum Gasteiger partial charge on any atom is -0.379 e. The number of likely N-dealkylation sites (tertiary alicyclic amines) is 1. The molecule has 2 saturated heterocycles. The number of carbonyl (C=O) groups is 2. The van der Waals surface area contributed by atoms with Crippen LogP contribution >= 0.6 is 0 Å². The van der Waals surface area contributed by atoms with E-state index in [0.717, 1.165) is 52.1 Å². The molecule has 114 valence electrons. The van der Waals surface area contributed by atoms with Gasteiger partial charge >= 0.3 is 11.8 Å². The zero-order valence-corrected chi connectivity index (χ0v) is 12.3. The van der Waals surface area contributed by atoms with E-state index in [2.05, 4.69) is 10.2 Å². The first-order valence-electron chi connectivity index (χ1n) is 7.57. The summed E-state index contributed by atoms with van der Waals surface area (Å²) in [5.41, 5.74) is 0. The Labute approximate surface area is 120 Å². The minimum atomic E-state index is -0.466. The van der Waals surface area contributed by atoms with Gasteiger partial charge in [-0.2, -0.15) is 0 Å². The number of hydrogen-bond acceptors (Lipinski definition) is 4. The van der Waals surface area contributed by atoms with Gasteiger partial charge in [-0.3, -0.25) is 14.5 Å². The lowest BCUT2D eigenvalue weighted by atomic mass is 10.0. The van der Waals surface area contributed by atoms with Crippen molar-refractivity contribution in [2.24, 2.45) is 0 Å². The molecule has 6 nitrogen and oxygen atoms in total. The summed E-state index contributed by atoms with van der Waals surface area (Å²) in [7, 11) is 0. The number of rotatable bonds is 3. The van der Waals surface area contributed by atoms with Gasteiger partial charge in [-0.1, -0.05) is 0 Å². The topological polar surface area (TPSA) is 61.9 Å².